The number of nitrogens with zero attached hydrogens (tertiary/aromatic N) is 2. The van der Waals surface area contributed by atoms with Gasteiger partial charge in [-0.1, -0.05) is 139 Å². The molecular weight excluding hydrogens is 669 g/mol. The summed E-state index contributed by atoms with van der Waals surface area (Å²) in [5.41, 5.74) is 1.37. The Morgan fingerprint density at radius 3 is 1.87 bits per heavy atom. The van der Waals surface area contributed by atoms with E-state index in [2.05, 4.69) is 16.7 Å². The van der Waals surface area contributed by atoms with Crippen LogP contribution in [0.3, 0.4) is 0 Å². The summed E-state index contributed by atoms with van der Waals surface area (Å²) in [7, 11) is 0. The van der Waals surface area contributed by atoms with E-state index in [-0.39, 0.29) is 32.8 Å². The number of furan rings is 1. The predicted octanol–water partition coefficient (Wildman–Crippen LogP) is 14.6. The standard InChI is InChI=1S/C52H34N2O/c1-2-14-39(15-3-1)53(41-31-26-37(27-32-41)44-20-11-21-47-48-33-28-36-12-4-5-17-43(36)52(48)55-51(44)47)40-29-24-35(25-30-40)38-13-10-16-42(34-38)54-49-22-8-6-18-45(49)46-19-7-9-23-50(46)54/h1-34H/i1D,2D,3D,4D,5D,11D,12D,14D,15D,17D,20D,21D,26D,27D,28D,31D,32D,33D. The number of anilines is 3. The van der Waals surface area contributed by atoms with E-state index >= 15 is 0 Å². The van der Waals surface area contributed by atoms with Gasteiger partial charge in [0.05, 0.1) is 35.7 Å². The van der Waals surface area contributed by atoms with Crippen molar-refractivity contribution in [3.63, 3.8) is 0 Å². The van der Waals surface area contributed by atoms with Crippen molar-refractivity contribution >= 4 is 71.6 Å². The molecule has 0 saturated carbocycles. The third-order valence-corrected chi connectivity index (χ3v) is 9.68. The lowest BCUT2D eigenvalue weighted by molar-refractivity contribution is 0.674. The highest BCUT2D eigenvalue weighted by atomic mass is 16.3. The Morgan fingerprint density at radius 1 is 0.418 bits per heavy atom. The van der Waals surface area contributed by atoms with Gasteiger partial charge < -0.3 is 13.9 Å². The van der Waals surface area contributed by atoms with Gasteiger partial charge in [-0.2, -0.15) is 0 Å². The number of rotatable bonds is 6. The van der Waals surface area contributed by atoms with E-state index in [1.54, 1.807) is 24.3 Å². The first-order valence-electron chi connectivity index (χ1n) is 26.3. The summed E-state index contributed by atoms with van der Waals surface area (Å²) in [6, 6.07) is 17.4. The van der Waals surface area contributed by atoms with Crippen LogP contribution in [0.15, 0.2) is 210 Å². The van der Waals surface area contributed by atoms with E-state index in [0.29, 0.717) is 5.56 Å². The molecule has 0 aliphatic heterocycles. The summed E-state index contributed by atoms with van der Waals surface area (Å²) in [6.45, 7) is 0. The van der Waals surface area contributed by atoms with Gasteiger partial charge >= 0.3 is 0 Å². The number of aromatic nitrogens is 1. The minimum atomic E-state index is -0.835. The topological polar surface area (TPSA) is 21.3 Å². The molecule has 0 amide bonds. The van der Waals surface area contributed by atoms with Gasteiger partial charge in [0.25, 0.3) is 0 Å². The SMILES string of the molecule is [2H]c1c([2H])c([2H])c(N(c2ccc(-c3cccc(-n4c5ccccc5c5ccccc54)c3)cc2)c2c([2H])c([2H])c(-c3c([2H])c([2H])c([2H])c4c3oc3c5c([2H])c([2H])c([2H])c([2H])c5c([2H])c([2H])c34)c([2H])c2[2H])c([2H])c1[2H]. The molecule has 0 aliphatic rings. The summed E-state index contributed by atoms with van der Waals surface area (Å²) < 4.78 is 169. The van der Waals surface area contributed by atoms with Crippen molar-refractivity contribution in [3.8, 4) is 27.9 Å². The van der Waals surface area contributed by atoms with E-state index in [0.717, 1.165) is 38.0 Å². The van der Waals surface area contributed by atoms with Gasteiger partial charge in [0.2, 0.25) is 0 Å². The molecule has 2 heterocycles. The molecule has 0 spiro atoms. The number of benzene rings is 9. The van der Waals surface area contributed by atoms with Gasteiger partial charge in [-0.15, -0.1) is 0 Å². The maximum Gasteiger partial charge on any atom is 0.143 e. The van der Waals surface area contributed by atoms with Gasteiger partial charge in [-0.25, -0.2) is 0 Å². The fraction of sp³-hybridized carbons (Fsp3) is 0. The van der Waals surface area contributed by atoms with Crippen LogP contribution in [-0.2, 0) is 0 Å². The molecule has 0 atom stereocenters. The fourth-order valence-corrected chi connectivity index (χ4v) is 7.21. The Balaban J connectivity index is 1.13. The molecule has 0 N–H and O–H groups in total. The molecule has 0 aliphatic carbocycles. The molecule has 0 fully saturated rings. The van der Waals surface area contributed by atoms with Crippen LogP contribution in [0.2, 0.25) is 0 Å². The Bertz CT molecular complexity index is 4150. The van der Waals surface area contributed by atoms with E-state index in [1.165, 1.54) is 0 Å². The van der Waals surface area contributed by atoms with Crippen molar-refractivity contribution in [2.75, 3.05) is 4.90 Å². The fourth-order valence-electron chi connectivity index (χ4n) is 7.21. The first-order valence-corrected chi connectivity index (χ1v) is 17.3. The average Bonchev–Trinajstić information content (AvgIpc) is 3.97. The zero-order chi connectivity index (χ0) is 52.0. The highest BCUT2D eigenvalue weighted by Gasteiger charge is 2.17. The molecular formula is C52H34N2O. The minimum Gasteiger partial charge on any atom is -0.455 e. The number of hydrogen-bond donors (Lipinski definition) is 0. The lowest BCUT2D eigenvalue weighted by atomic mass is 10.0. The molecule has 3 heteroatoms. The molecule has 2 aromatic heterocycles. The zero-order valence-corrected chi connectivity index (χ0v) is 28.5. The second kappa shape index (κ2) is 12.6. The summed E-state index contributed by atoms with van der Waals surface area (Å²) in [6.07, 6.45) is 0. The molecule has 258 valence electrons. The summed E-state index contributed by atoms with van der Waals surface area (Å²) in [4.78, 5) is 1.05. The lowest BCUT2D eigenvalue weighted by Gasteiger charge is -2.26. The maximum absolute atomic E-state index is 9.57. The Hall–Kier alpha value is -7.36. The van der Waals surface area contributed by atoms with Crippen molar-refractivity contribution < 1.29 is 29.1 Å². The predicted molar refractivity (Wildman–Crippen MR) is 231 cm³/mol. The highest BCUT2D eigenvalue weighted by molar-refractivity contribution is 6.17. The van der Waals surface area contributed by atoms with Crippen LogP contribution >= 0.6 is 0 Å². The van der Waals surface area contributed by atoms with E-state index in [9.17, 15) is 5.48 Å². The minimum absolute atomic E-state index is 0.0767. The normalized spacial score (nSPS) is 16.2. The quantitative estimate of drug-likeness (QED) is 0.171. The molecule has 11 rings (SSSR count). The smallest absolute Gasteiger partial charge is 0.143 e. The Kier molecular flexibility index (Phi) is 4.17. The van der Waals surface area contributed by atoms with E-state index in [4.69, 9.17) is 23.6 Å². The van der Waals surface area contributed by atoms with Crippen LogP contribution in [0.4, 0.5) is 17.1 Å². The number of fused-ring (bicyclic) bond motifs is 8. The van der Waals surface area contributed by atoms with Gasteiger partial charge in [-0.3, -0.25) is 0 Å². The molecule has 0 bridgehead atoms. The van der Waals surface area contributed by atoms with Crippen LogP contribution in [0, 0.1) is 0 Å². The van der Waals surface area contributed by atoms with Crippen LogP contribution < -0.4 is 4.90 Å². The molecule has 0 radical (unpaired) electrons. The molecule has 0 saturated heterocycles. The summed E-state index contributed by atoms with van der Waals surface area (Å²) >= 11 is 0. The molecule has 55 heavy (non-hydrogen) atoms. The van der Waals surface area contributed by atoms with E-state index < -0.39 is 137 Å². The van der Waals surface area contributed by atoms with Gasteiger partial charge in [0, 0.05) is 55.2 Å². The first kappa shape index (κ1) is 18.1. The monoisotopic (exact) mass is 720 g/mol. The van der Waals surface area contributed by atoms with Crippen molar-refractivity contribution in [1.29, 1.82) is 0 Å². The van der Waals surface area contributed by atoms with Gasteiger partial charge in [0.15, 0.2) is 0 Å². The summed E-state index contributed by atoms with van der Waals surface area (Å²) in [5, 5.41) is 0.818. The summed E-state index contributed by atoms with van der Waals surface area (Å²) in [5.74, 6) is 0. The second-order valence-corrected chi connectivity index (χ2v) is 12.8. The first-order chi connectivity index (χ1) is 34.8. The number of para-hydroxylation sites is 4. The highest BCUT2D eigenvalue weighted by Crippen LogP contribution is 2.41. The van der Waals surface area contributed by atoms with Gasteiger partial charge in [0.1, 0.15) is 11.2 Å². The van der Waals surface area contributed by atoms with Crippen LogP contribution in [0.1, 0.15) is 24.7 Å². The van der Waals surface area contributed by atoms with Crippen molar-refractivity contribution in [1.82, 2.24) is 4.57 Å². The Morgan fingerprint density at radius 2 is 1.09 bits per heavy atom. The third kappa shape index (κ3) is 5.13. The Labute approximate surface area is 343 Å². The van der Waals surface area contributed by atoms with Crippen molar-refractivity contribution in [2.45, 2.75) is 0 Å². The van der Waals surface area contributed by atoms with E-state index in [1.807, 2.05) is 60.7 Å². The molecule has 3 nitrogen and oxygen atoms in total. The zero-order valence-electron chi connectivity index (χ0n) is 46.5. The lowest BCUT2D eigenvalue weighted by Crippen LogP contribution is -2.09. The van der Waals surface area contributed by atoms with Gasteiger partial charge in [-0.05, 0) is 88.7 Å². The molecule has 11 aromatic rings. The molecule has 9 aromatic carbocycles. The maximum atomic E-state index is 9.57. The molecule has 0 unspecified atom stereocenters. The van der Waals surface area contributed by atoms with Crippen LogP contribution in [0.25, 0.3) is 82.5 Å². The largest absolute Gasteiger partial charge is 0.455 e. The third-order valence-electron chi connectivity index (χ3n) is 9.68. The second-order valence-electron chi connectivity index (χ2n) is 12.8. The van der Waals surface area contributed by atoms with Crippen LogP contribution in [-0.4, -0.2) is 4.57 Å². The number of hydrogen-bond acceptors (Lipinski definition) is 2. The van der Waals surface area contributed by atoms with Crippen LogP contribution in [0.5, 0.6) is 0 Å². The van der Waals surface area contributed by atoms with Crippen molar-refractivity contribution in [2.24, 2.45) is 0 Å². The average molecular weight is 721 g/mol. The van der Waals surface area contributed by atoms with Crippen molar-refractivity contribution in [3.05, 3.63) is 206 Å².